The van der Waals surface area contributed by atoms with Gasteiger partial charge in [-0.15, -0.1) is 5.10 Å². The zero-order chi connectivity index (χ0) is 14.4. The monoisotopic (exact) mass is 275 g/mol. The average molecular weight is 275 g/mol. The molecule has 0 spiro atoms. The summed E-state index contributed by atoms with van der Waals surface area (Å²) in [5.74, 6) is -1.43. The number of pyridine rings is 1. The molecule has 2 aromatic heterocycles. The van der Waals surface area contributed by atoms with Crippen LogP contribution in [-0.4, -0.2) is 43.5 Å². The fraction of sp³-hybridized carbons (Fsp3) is 0.250. The zero-order valence-corrected chi connectivity index (χ0v) is 10.6. The highest BCUT2D eigenvalue weighted by Gasteiger charge is 2.10. The number of carboxylic acids is 1. The van der Waals surface area contributed by atoms with Gasteiger partial charge >= 0.3 is 5.97 Å². The summed E-state index contributed by atoms with van der Waals surface area (Å²) in [6.45, 7) is 0.415. The average Bonchev–Trinajstić information content (AvgIpc) is 2.88. The number of hydrogen-bond donors (Lipinski definition) is 2. The van der Waals surface area contributed by atoms with E-state index in [1.165, 1.54) is 10.9 Å². The van der Waals surface area contributed by atoms with Crippen molar-refractivity contribution in [2.75, 3.05) is 6.54 Å². The van der Waals surface area contributed by atoms with Crippen LogP contribution in [0.15, 0.2) is 30.7 Å². The number of rotatable bonds is 6. The van der Waals surface area contributed by atoms with Crippen LogP contribution < -0.4 is 5.32 Å². The number of carbonyl (C=O) groups excluding carboxylic acids is 1. The minimum absolute atomic E-state index is 0.0622. The lowest BCUT2D eigenvalue weighted by Crippen LogP contribution is -2.29. The van der Waals surface area contributed by atoms with Crippen molar-refractivity contribution in [1.29, 1.82) is 0 Å². The van der Waals surface area contributed by atoms with Crippen molar-refractivity contribution in [3.63, 3.8) is 0 Å². The van der Waals surface area contributed by atoms with Gasteiger partial charge in [-0.1, -0.05) is 11.3 Å². The standard InChI is InChI=1S/C12H13N5O3/c18-11(8-17-7-10(12(19)20)15-16-17)14-5-3-9-2-1-4-13-6-9/h1-2,4,6-7H,3,5,8H2,(H,14,18)(H,19,20). The van der Waals surface area contributed by atoms with Gasteiger partial charge in [-0.2, -0.15) is 0 Å². The fourth-order valence-corrected chi connectivity index (χ4v) is 1.57. The molecule has 2 rings (SSSR count). The lowest BCUT2D eigenvalue weighted by Gasteiger charge is -2.04. The van der Waals surface area contributed by atoms with E-state index in [1.54, 1.807) is 12.4 Å². The predicted octanol–water partition coefficient (Wildman–Crippen LogP) is -0.270. The van der Waals surface area contributed by atoms with E-state index in [1.807, 2.05) is 12.1 Å². The van der Waals surface area contributed by atoms with E-state index in [0.717, 1.165) is 5.56 Å². The number of nitrogens with one attached hydrogen (secondary N) is 1. The van der Waals surface area contributed by atoms with Crippen molar-refractivity contribution < 1.29 is 14.7 Å². The van der Waals surface area contributed by atoms with Crippen LogP contribution in [-0.2, 0) is 17.8 Å². The Kier molecular flexibility index (Phi) is 4.38. The van der Waals surface area contributed by atoms with Crippen molar-refractivity contribution in [3.05, 3.63) is 42.0 Å². The SMILES string of the molecule is O=C(Cn1cc(C(=O)O)nn1)NCCc1cccnc1. The molecule has 0 bridgehead atoms. The van der Waals surface area contributed by atoms with Crippen LogP contribution in [0.1, 0.15) is 16.1 Å². The van der Waals surface area contributed by atoms with Gasteiger partial charge in [0.1, 0.15) is 6.54 Å². The largest absolute Gasteiger partial charge is 0.476 e. The molecule has 1 amide bonds. The van der Waals surface area contributed by atoms with Gasteiger partial charge in [0.25, 0.3) is 0 Å². The molecule has 2 N–H and O–H groups in total. The molecule has 2 heterocycles. The number of carbonyl (C=O) groups is 2. The molecule has 0 saturated carbocycles. The van der Waals surface area contributed by atoms with Crippen LogP contribution in [0, 0.1) is 0 Å². The maximum absolute atomic E-state index is 11.6. The Morgan fingerprint density at radius 2 is 2.25 bits per heavy atom. The molecule has 0 aliphatic carbocycles. The Bertz CT molecular complexity index is 596. The maximum Gasteiger partial charge on any atom is 0.358 e. The molecule has 0 atom stereocenters. The third kappa shape index (κ3) is 3.87. The Balaban J connectivity index is 1.76. The third-order valence-corrected chi connectivity index (χ3v) is 2.52. The first-order chi connectivity index (χ1) is 9.65. The molecule has 8 heteroatoms. The minimum atomic E-state index is -1.17. The van der Waals surface area contributed by atoms with Gasteiger partial charge in [0, 0.05) is 18.9 Å². The molecule has 0 aromatic carbocycles. The van der Waals surface area contributed by atoms with E-state index >= 15 is 0 Å². The predicted molar refractivity (Wildman–Crippen MR) is 67.9 cm³/mol. The number of aromatic nitrogens is 4. The lowest BCUT2D eigenvalue weighted by atomic mass is 10.2. The van der Waals surface area contributed by atoms with Crippen LogP contribution in [0.5, 0.6) is 0 Å². The first-order valence-corrected chi connectivity index (χ1v) is 5.94. The molecule has 0 fully saturated rings. The molecule has 0 saturated heterocycles. The van der Waals surface area contributed by atoms with Crippen LogP contribution >= 0.6 is 0 Å². The first-order valence-electron chi connectivity index (χ1n) is 5.94. The molecule has 8 nitrogen and oxygen atoms in total. The smallest absolute Gasteiger partial charge is 0.358 e. The van der Waals surface area contributed by atoms with Gasteiger partial charge in [0.15, 0.2) is 5.69 Å². The molecular weight excluding hydrogens is 262 g/mol. The number of aromatic carboxylic acids is 1. The summed E-state index contributed by atoms with van der Waals surface area (Å²) >= 11 is 0. The minimum Gasteiger partial charge on any atom is -0.476 e. The lowest BCUT2D eigenvalue weighted by molar-refractivity contribution is -0.121. The molecule has 2 aromatic rings. The van der Waals surface area contributed by atoms with Crippen molar-refractivity contribution >= 4 is 11.9 Å². The summed E-state index contributed by atoms with van der Waals surface area (Å²) in [4.78, 5) is 26.2. The maximum atomic E-state index is 11.6. The number of amides is 1. The molecule has 0 aliphatic heterocycles. The number of hydrogen-bond acceptors (Lipinski definition) is 5. The molecule has 104 valence electrons. The van der Waals surface area contributed by atoms with E-state index < -0.39 is 5.97 Å². The van der Waals surface area contributed by atoms with Crippen molar-refractivity contribution in [1.82, 2.24) is 25.3 Å². The Morgan fingerprint density at radius 1 is 1.40 bits per heavy atom. The van der Waals surface area contributed by atoms with Crippen molar-refractivity contribution in [2.24, 2.45) is 0 Å². The van der Waals surface area contributed by atoms with E-state index in [4.69, 9.17) is 5.11 Å². The van der Waals surface area contributed by atoms with Gasteiger partial charge in [-0.3, -0.25) is 9.78 Å². The second kappa shape index (κ2) is 6.41. The van der Waals surface area contributed by atoms with E-state index in [9.17, 15) is 9.59 Å². The third-order valence-electron chi connectivity index (χ3n) is 2.52. The van der Waals surface area contributed by atoms with Crippen molar-refractivity contribution in [3.8, 4) is 0 Å². The highest BCUT2D eigenvalue weighted by Crippen LogP contribution is 1.96. The summed E-state index contributed by atoms with van der Waals surface area (Å²) in [6, 6.07) is 3.76. The van der Waals surface area contributed by atoms with Gasteiger partial charge in [-0.25, -0.2) is 9.48 Å². The van der Waals surface area contributed by atoms with Gasteiger partial charge in [0.2, 0.25) is 5.91 Å². The summed E-state index contributed by atoms with van der Waals surface area (Å²) in [7, 11) is 0. The van der Waals surface area contributed by atoms with E-state index in [-0.39, 0.29) is 18.1 Å². The number of nitrogens with zero attached hydrogens (tertiary/aromatic N) is 4. The summed E-state index contributed by atoms with van der Waals surface area (Å²) in [6.07, 6.45) is 5.32. The summed E-state index contributed by atoms with van der Waals surface area (Å²) in [5, 5.41) is 18.4. The van der Waals surface area contributed by atoms with Crippen molar-refractivity contribution in [2.45, 2.75) is 13.0 Å². The van der Waals surface area contributed by atoms with Gasteiger partial charge < -0.3 is 10.4 Å². The van der Waals surface area contributed by atoms with E-state index in [2.05, 4.69) is 20.6 Å². The highest BCUT2D eigenvalue weighted by molar-refractivity contribution is 5.84. The molecule has 20 heavy (non-hydrogen) atoms. The first kappa shape index (κ1) is 13.7. The van der Waals surface area contributed by atoms with Crippen LogP contribution in [0.3, 0.4) is 0 Å². The van der Waals surface area contributed by atoms with Gasteiger partial charge in [0.05, 0.1) is 6.20 Å². The summed E-state index contributed by atoms with van der Waals surface area (Å²) in [5.41, 5.74) is 0.842. The number of carboxylic acid groups (broad SMARTS) is 1. The van der Waals surface area contributed by atoms with E-state index in [0.29, 0.717) is 13.0 Å². The quantitative estimate of drug-likeness (QED) is 0.751. The zero-order valence-electron chi connectivity index (χ0n) is 10.6. The second-order valence-corrected chi connectivity index (χ2v) is 4.07. The molecule has 0 aliphatic rings. The van der Waals surface area contributed by atoms with Crippen LogP contribution in [0.2, 0.25) is 0 Å². The Hall–Kier alpha value is -2.77. The fourth-order valence-electron chi connectivity index (χ4n) is 1.57. The summed E-state index contributed by atoms with van der Waals surface area (Å²) < 4.78 is 1.18. The van der Waals surface area contributed by atoms with Crippen LogP contribution in [0.25, 0.3) is 0 Å². The highest BCUT2D eigenvalue weighted by atomic mass is 16.4. The second-order valence-electron chi connectivity index (χ2n) is 4.07. The molecular formula is C12H13N5O3. The van der Waals surface area contributed by atoms with Crippen LogP contribution in [0.4, 0.5) is 0 Å². The molecule has 0 unspecified atom stereocenters. The Labute approximate surface area is 114 Å². The van der Waals surface area contributed by atoms with Gasteiger partial charge in [-0.05, 0) is 18.1 Å². The topological polar surface area (TPSA) is 110 Å². The molecule has 0 radical (unpaired) electrons. The normalized spacial score (nSPS) is 10.2. The Morgan fingerprint density at radius 3 is 2.90 bits per heavy atom.